The minimum Gasteiger partial charge on any atom is -0.489 e. The molecule has 0 bridgehead atoms. The Morgan fingerprint density at radius 1 is 1.20 bits per heavy atom. The summed E-state index contributed by atoms with van der Waals surface area (Å²) < 4.78 is 18.7. The Hall–Kier alpha value is -2.89. The molecule has 2 aromatic rings. The highest BCUT2D eigenvalue weighted by molar-refractivity contribution is 6.01. The fourth-order valence-corrected chi connectivity index (χ4v) is 2.65. The van der Waals surface area contributed by atoms with Crippen molar-refractivity contribution in [3.63, 3.8) is 0 Å². The molecule has 1 atom stereocenters. The van der Waals surface area contributed by atoms with Crippen LogP contribution in [0.1, 0.15) is 17.5 Å². The number of carbonyl (C=O) groups is 2. The lowest BCUT2D eigenvalue weighted by molar-refractivity contribution is -0.133. The monoisotopic (exact) mass is 342 g/mol. The minimum atomic E-state index is -0.589. The maximum absolute atomic E-state index is 13.1. The molecule has 1 fully saturated rings. The highest BCUT2D eigenvalue weighted by Crippen LogP contribution is 2.15. The van der Waals surface area contributed by atoms with E-state index in [-0.39, 0.29) is 24.2 Å². The van der Waals surface area contributed by atoms with E-state index in [1.165, 1.54) is 12.1 Å². The van der Waals surface area contributed by atoms with E-state index in [9.17, 15) is 14.0 Å². The molecule has 2 amide bonds. The third kappa shape index (κ3) is 4.56. The molecule has 0 unspecified atom stereocenters. The third-order valence-corrected chi connectivity index (χ3v) is 4.05. The molecule has 2 aromatic carbocycles. The summed E-state index contributed by atoms with van der Waals surface area (Å²) in [5.41, 5.74) is 1.66. The summed E-state index contributed by atoms with van der Waals surface area (Å²) in [6.07, 6.45) is 0.539. The molecule has 0 radical (unpaired) electrons. The van der Waals surface area contributed by atoms with Crippen LogP contribution in [0.4, 0.5) is 4.39 Å². The van der Waals surface area contributed by atoms with Gasteiger partial charge >= 0.3 is 0 Å². The second-order valence-corrected chi connectivity index (χ2v) is 5.91. The van der Waals surface area contributed by atoms with Gasteiger partial charge in [0, 0.05) is 13.1 Å². The smallest absolute Gasteiger partial charge is 0.232 e. The summed E-state index contributed by atoms with van der Waals surface area (Å²) in [6.45, 7) is 1.19. The summed E-state index contributed by atoms with van der Waals surface area (Å²) >= 11 is 0. The summed E-state index contributed by atoms with van der Waals surface area (Å²) in [5.74, 6) is -0.674. The molecule has 0 aliphatic carbocycles. The summed E-state index contributed by atoms with van der Waals surface area (Å²) in [7, 11) is 0. The normalized spacial score (nSPS) is 16.4. The van der Waals surface area contributed by atoms with E-state index < -0.39 is 5.92 Å². The number of rotatable bonds is 6. The average Bonchev–Trinajstić information content (AvgIpc) is 3.05. The number of benzene rings is 2. The number of amides is 2. The zero-order valence-corrected chi connectivity index (χ0v) is 13.6. The third-order valence-electron chi connectivity index (χ3n) is 4.05. The summed E-state index contributed by atoms with van der Waals surface area (Å²) in [5, 5.41) is 5.42. The van der Waals surface area contributed by atoms with Gasteiger partial charge in [0.05, 0.1) is 0 Å². The van der Waals surface area contributed by atoms with Crippen LogP contribution in [0, 0.1) is 11.7 Å². The van der Waals surface area contributed by atoms with Gasteiger partial charge in [-0.05, 0) is 41.8 Å². The van der Waals surface area contributed by atoms with E-state index >= 15 is 0 Å². The van der Waals surface area contributed by atoms with Crippen molar-refractivity contribution in [1.82, 2.24) is 10.6 Å². The van der Waals surface area contributed by atoms with Crippen molar-refractivity contribution in [3.05, 3.63) is 65.5 Å². The predicted octanol–water partition coefficient (Wildman–Crippen LogP) is 2.16. The van der Waals surface area contributed by atoms with Crippen LogP contribution in [0.5, 0.6) is 5.75 Å². The van der Waals surface area contributed by atoms with Gasteiger partial charge in [0.2, 0.25) is 11.8 Å². The topological polar surface area (TPSA) is 67.4 Å². The highest BCUT2D eigenvalue weighted by atomic mass is 19.1. The van der Waals surface area contributed by atoms with Crippen LogP contribution < -0.4 is 15.4 Å². The summed E-state index contributed by atoms with van der Waals surface area (Å²) in [6, 6.07) is 13.5. The van der Waals surface area contributed by atoms with E-state index in [4.69, 9.17) is 4.74 Å². The van der Waals surface area contributed by atoms with Crippen LogP contribution in [-0.4, -0.2) is 18.4 Å². The Morgan fingerprint density at radius 2 is 2.00 bits per heavy atom. The Kier molecular flexibility index (Phi) is 5.28. The van der Waals surface area contributed by atoms with Gasteiger partial charge in [0.25, 0.3) is 0 Å². The number of halogens is 1. The first-order chi connectivity index (χ1) is 12.1. The maximum Gasteiger partial charge on any atom is 0.232 e. The van der Waals surface area contributed by atoms with Gasteiger partial charge in [-0.2, -0.15) is 0 Å². The molecule has 1 aliphatic rings. The maximum atomic E-state index is 13.1. The minimum absolute atomic E-state index is 0.210. The first kappa shape index (κ1) is 17.0. The number of ether oxygens (including phenoxy) is 1. The molecule has 130 valence electrons. The number of nitrogens with one attached hydrogen (secondary N) is 2. The Balaban J connectivity index is 1.48. The van der Waals surface area contributed by atoms with Gasteiger partial charge in [-0.3, -0.25) is 9.59 Å². The lowest BCUT2D eigenvalue weighted by Gasteiger charge is -2.10. The number of carbonyl (C=O) groups excluding carboxylic acids is 2. The molecule has 1 saturated heterocycles. The van der Waals surface area contributed by atoms with Crippen molar-refractivity contribution >= 4 is 11.8 Å². The molecule has 6 heteroatoms. The Morgan fingerprint density at radius 3 is 2.68 bits per heavy atom. The van der Waals surface area contributed by atoms with Crippen molar-refractivity contribution < 1.29 is 18.7 Å². The van der Waals surface area contributed by atoms with Crippen LogP contribution in [0.25, 0.3) is 0 Å². The van der Waals surface area contributed by atoms with Gasteiger partial charge in [0.1, 0.15) is 24.1 Å². The van der Waals surface area contributed by atoms with Gasteiger partial charge in [0.15, 0.2) is 0 Å². The predicted molar refractivity (Wildman–Crippen MR) is 90.1 cm³/mol. The largest absolute Gasteiger partial charge is 0.489 e. The molecule has 25 heavy (non-hydrogen) atoms. The Bertz CT molecular complexity index is 762. The van der Waals surface area contributed by atoms with E-state index in [1.54, 1.807) is 24.3 Å². The van der Waals surface area contributed by atoms with E-state index in [2.05, 4.69) is 10.6 Å². The van der Waals surface area contributed by atoms with E-state index in [1.807, 2.05) is 12.1 Å². The zero-order chi connectivity index (χ0) is 17.6. The average molecular weight is 342 g/mol. The van der Waals surface area contributed by atoms with Crippen LogP contribution in [0.3, 0.4) is 0 Å². The molecule has 1 heterocycles. The molecule has 0 saturated carbocycles. The van der Waals surface area contributed by atoms with Crippen LogP contribution in [0.2, 0.25) is 0 Å². The second kappa shape index (κ2) is 7.79. The van der Waals surface area contributed by atoms with Crippen molar-refractivity contribution in [3.8, 4) is 5.75 Å². The van der Waals surface area contributed by atoms with Crippen LogP contribution >= 0.6 is 0 Å². The molecule has 0 spiro atoms. The molecule has 1 aliphatic heterocycles. The quantitative estimate of drug-likeness (QED) is 0.791. The molecule has 2 N–H and O–H groups in total. The van der Waals surface area contributed by atoms with Crippen LogP contribution in [0.15, 0.2) is 48.5 Å². The van der Waals surface area contributed by atoms with Crippen molar-refractivity contribution in [2.24, 2.45) is 5.92 Å². The second-order valence-electron chi connectivity index (χ2n) is 5.91. The van der Waals surface area contributed by atoms with Gasteiger partial charge in [-0.1, -0.05) is 24.3 Å². The van der Waals surface area contributed by atoms with Gasteiger partial charge in [-0.15, -0.1) is 0 Å². The molecular weight excluding hydrogens is 323 g/mol. The zero-order valence-electron chi connectivity index (χ0n) is 13.6. The van der Waals surface area contributed by atoms with E-state index in [0.29, 0.717) is 25.3 Å². The lowest BCUT2D eigenvalue weighted by Crippen LogP contribution is -2.34. The number of hydrogen-bond acceptors (Lipinski definition) is 3. The van der Waals surface area contributed by atoms with Crippen LogP contribution in [-0.2, 0) is 22.7 Å². The van der Waals surface area contributed by atoms with Crippen molar-refractivity contribution in [2.45, 2.75) is 19.6 Å². The first-order valence-corrected chi connectivity index (χ1v) is 8.13. The standard InChI is InChI=1S/C19H19FN2O3/c20-15-3-1-2-14(10-15)12-25-16-6-4-13(5-7-16)11-22-19(24)17-8-9-21-18(17)23/h1-7,10,17H,8-9,11-12H2,(H,21,23)(H,22,24)/t17-/m0/s1. The summed E-state index contributed by atoms with van der Waals surface area (Å²) in [4.78, 5) is 23.4. The highest BCUT2D eigenvalue weighted by Gasteiger charge is 2.30. The molecule has 5 nitrogen and oxygen atoms in total. The van der Waals surface area contributed by atoms with Crippen molar-refractivity contribution in [2.75, 3.05) is 6.54 Å². The first-order valence-electron chi connectivity index (χ1n) is 8.13. The molecule has 0 aromatic heterocycles. The fourth-order valence-electron chi connectivity index (χ4n) is 2.65. The fraction of sp³-hybridized carbons (Fsp3) is 0.263. The van der Waals surface area contributed by atoms with Gasteiger partial charge < -0.3 is 15.4 Å². The SMILES string of the molecule is O=C1NCC[C@@H]1C(=O)NCc1ccc(OCc2cccc(F)c2)cc1. The number of hydrogen-bond donors (Lipinski definition) is 2. The Labute approximate surface area is 145 Å². The lowest BCUT2D eigenvalue weighted by atomic mass is 10.1. The molecular formula is C19H19FN2O3. The van der Waals surface area contributed by atoms with Crippen molar-refractivity contribution in [1.29, 1.82) is 0 Å². The van der Waals surface area contributed by atoms with Gasteiger partial charge in [-0.25, -0.2) is 4.39 Å². The molecule has 3 rings (SSSR count). The van der Waals surface area contributed by atoms with E-state index in [0.717, 1.165) is 11.1 Å².